The van der Waals surface area contributed by atoms with Gasteiger partial charge in [0.05, 0.1) is 13.2 Å². The number of hydrogen-bond donors (Lipinski definition) is 2. The molecule has 0 spiro atoms. The second-order valence-electron chi connectivity index (χ2n) is 5.97. The third-order valence-corrected chi connectivity index (χ3v) is 4.20. The maximum absolute atomic E-state index is 12.0. The summed E-state index contributed by atoms with van der Waals surface area (Å²) in [7, 11) is 0. The fourth-order valence-electron chi connectivity index (χ4n) is 2.53. The molecule has 1 saturated heterocycles. The van der Waals surface area contributed by atoms with Gasteiger partial charge in [0.15, 0.2) is 5.79 Å². The summed E-state index contributed by atoms with van der Waals surface area (Å²) >= 11 is 0. The zero-order chi connectivity index (χ0) is 16.0. The summed E-state index contributed by atoms with van der Waals surface area (Å²) in [5.41, 5.74) is 1.22. The Bertz CT molecular complexity index is 472. The van der Waals surface area contributed by atoms with Crippen LogP contribution in [0.25, 0.3) is 0 Å². The lowest BCUT2D eigenvalue weighted by Gasteiger charge is -2.24. The first kappa shape index (κ1) is 16.8. The Labute approximate surface area is 132 Å². The maximum Gasteiger partial charge on any atom is 0.315 e. The van der Waals surface area contributed by atoms with Crippen molar-refractivity contribution in [2.75, 3.05) is 19.8 Å². The molecule has 0 aromatic heterocycles. The Hall–Kier alpha value is -1.59. The van der Waals surface area contributed by atoms with E-state index in [-0.39, 0.29) is 18.0 Å². The fraction of sp³-hybridized carbons (Fsp3) is 0.588. The molecule has 1 aromatic rings. The molecule has 22 heavy (non-hydrogen) atoms. The van der Waals surface area contributed by atoms with E-state index in [4.69, 9.17) is 9.47 Å². The van der Waals surface area contributed by atoms with Gasteiger partial charge in [-0.3, -0.25) is 0 Å². The van der Waals surface area contributed by atoms with Crippen LogP contribution >= 0.6 is 0 Å². The zero-order valence-electron chi connectivity index (χ0n) is 13.6. The third-order valence-electron chi connectivity index (χ3n) is 4.20. The van der Waals surface area contributed by atoms with Crippen LogP contribution in [0, 0.1) is 0 Å². The van der Waals surface area contributed by atoms with Gasteiger partial charge in [-0.15, -0.1) is 0 Å². The van der Waals surface area contributed by atoms with E-state index in [0.717, 1.165) is 0 Å². The van der Waals surface area contributed by atoms with Crippen molar-refractivity contribution in [3.8, 4) is 0 Å². The Morgan fingerprint density at radius 3 is 2.50 bits per heavy atom. The molecule has 122 valence electrons. The van der Waals surface area contributed by atoms with Crippen LogP contribution in [-0.4, -0.2) is 37.6 Å². The molecule has 2 N–H and O–H groups in total. The highest BCUT2D eigenvalue weighted by Crippen LogP contribution is 2.21. The average Bonchev–Trinajstić information content (AvgIpc) is 2.94. The first-order valence-electron chi connectivity index (χ1n) is 7.87. The minimum absolute atomic E-state index is 0.0527. The van der Waals surface area contributed by atoms with Crippen molar-refractivity contribution in [2.45, 2.75) is 44.9 Å². The molecule has 2 atom stereocenters. The van der Waals surface area contributed by atoms with Crippen LogP contribution in [0.3, 0.4) is 0 Å². The molecule has 1 fully saturated rings. The van der Waals surface area contributed by atoms with Crippen LogP contribution in [0.2, 0.25) is 0 Å². The first-order valence-corrected chi connectivity index (χ1v) is 7.87. The standard InChI is InChI=1S/C17H26N2O3/c1-13(15-7-5-4-6-8-15)14(2)19-16(20)18-10-9-17(3)21-11-12-22-17/h4-8,13-14H,9-12H2,1-3H3,(H2,18,19,20)/t13-,14+/m1/s1. The molecule has 0 unspecified atom stereocenters. The summed E-state index contributed by atoms with van der Waals surface area (Å²) in [6.07, 6.45) is 0.642. The summed E-state index contributed by atoms with van der Waals surface area (Å²) in [4.78, 5) is 12.0. The molecular formula is C17H26N2O3. The summed E-state index contributed by atoms with van der Waals surface area (Å²) in [5, 5.41) is 5.85. The van der Waals surface area contributed by atoms with E-state index < -0.39 is 5.79 Å². The van der Waals surface area contributed by atoms with Crippen LogP contribution < -0.4 is 10.6 Å². The lowest BCUT2D eigenvalue weighted by molar-refractivity contribution is -0.145. The van der Waals surface area contributed by atoms with E-state index in [0.29, 0.717) is 26.2 Å². The van der Waals surface area contributed by atoms with E-state index in [1.54, 1.807) is 0 Å². The topological polar surface area (TPSA) is 59.6 Å². The summed E-state index contributed by atoms with van der Waals surface area (Å²) in [6.45, 7) is 7.79. The lowest BCUT2D eigenvalue weighted by atomic mass is 9.95. The Kier molecular flexibility index (Phi) is 5.80. The molecule has 0 radical (unpaired) electrons. The van der Waals surface area contributed by atoms with Crippen LogP contribution in [0.15, 0.2) is 30.3 Å². The highest BCUT2D eigenvalue weighted by molar-refractivity contribution is 5.74. The Morgan fingerprint density at radius 1 is 1.23 bits per heavy atom. The van der Waals surface area contributed by atoms with Crippen molar-refractivity contribution in [1.29, 1.82) is 0 Å². The van der Waals surface area contributed by atoms with E-state index in [1.165, 1.54) is 5.56 Å². The second-order valence-corrected chi connectivity index (χ2v) is 5.97. The molecule has 2 amide bonds. The van der Waals surface area contributed by atoms with Crippen LogP contribution in [0.1, 0.15) is 38.7 Å². The summed E-state index contributed by atoms with van der Waals surface area (Å²) in [5.74, 6) is -0.304. The van der Waals surface area contributed by atoms with Crippen LogP contribution in [0.4, 0.5) is 4.79 Å². The van der Waals surface area contributed by atoms with Gasteiger partial charge in [-0.2, -0.15) is 0 Å². The van der Waals surface area contributed by atoms with E-state index >= 15 is 0 Å². The van der Waals surface area contributed by atoms with E-state index in [9.17, 15) is 4.79 Å². The van der Waals surface area contributed by atoms with Crippen molar-refractivity contribution < 1.29 is 14.3 Å². The zero-order valence-corrected chi connectivity index (χ0v) is 13.6. The minimum Gasteiger partial charge on any atom is -0.348 e. The van der Waals surface area contributed by atoms with Gasteiger partial charge in [0.2, 0.25) is 0 Å². The predicted octanol–water partition coefficient (Wildman–Crippen LogP) is 2.63. The molecule has 2 rings (SSSR count). The number of rotatable bonds is 6. The number of nitrogens with one attached hydrogen (secondary N) is 2. The van der Waals surface area contributed by atoms with E-state index in [2.05, 4.69) is 29.7 Å². The van der Waals surface area contributed by atoms with Crippen molar-refractivity contribution in [1.82, 2.24) is 10.6 Å². The number of hydrogen-bond acceptors (Lipinski definition) is 3. The van der Waals surface area contributed by atoms with Gasteiger partial charge in [-0.05, 0) is 19.4 Å². The van der Waals surface area contributed by atoms with Crippen molar-refractivity contribution >= 4 is 6.03 Å². The third kappa shape index (κ3) is 4.71. The fourth-order valence-corrected chi connectivity index (χ4v) is 2.53. The largest absolute Gasteiger partial charge is 0.348 e. The van der Waals surface area contributed by atoms with Crippen LogP contribution in [-0.2, 0) is 9.47 Å². The maximum atomic E-state index is 12.0. The molecule has 0 aliphatic carbocycles. The minimum atomic E-state index is -0.559. The first-order chi connectivity index (χ1) is 10.5. The van der Waals surface area contributed by atoms with Gasteiger partial charge in [0.25, 0.3) is 0 Å². The lowest BCUT2D eigenvalue weighted by Crippen LogP contribution is -2.44. The number of carbonyl (C=O) groups is 1. The molecule has 0 saturated carbocycles. The summed E-state index contributed by atoms with van der Waals surface area (Å²) in [6, 6.07) is 10.1. The number of carbonyl (C=O) groups excluding carboxylic acids is 1. The highest BCUT2D eigenvalue weighted by Gasteiger charge is 2.30. The van der Waals surface area contributed by atoms with Gasteiger partial charge >= 0.3 is 6.03 Å². The van der Waals surface area contributed by atoms with E-state index in [1.807, 2.05) is 32.0 Å². The normalized spacial score (nSPS) is 19.4. The van der Waals surface area contributed by atoms with Crippen LogP contribution in [0.5, 0.6) is 0 Å². The van der Waals surface area contributed by atoms with Gasteiger partial charge in [-0.1, -0.05) is 37.3 Å². The van der Waals surface area contributed by atoms with Crippen molar-refractivity contribution in [3.05, 3.63) is 35.9 Å². The molecular weight excluding hydrogens is 280 g/mol. The Morgan fingerprint density at radius 2 is 1.86 bits per heavy atom. The average molecular weight is 306 g/mol. The molecule has 5 heteroatoms. The number of amides is 2. The van der Waals surface area contributed by atoms with Gasteiger partial charge in [-0.25, -0.2) is 4.79 Å². The molecule has 1 aliphatic rings. The van der Waals surface area contributed by atoms with Gasteiger partial charge in [0, 0.05) is 24.9 Å². The Balaban J connectivity index is 1.72. The number of urea groups is 1. The van der Waals surface area contributed by atoms with Crippen molar-refractivity contribution in [2.24, 2.45) is 0 Å². The molecule has 1 aliphatic heterocycles. The molecule has 1 heterocycles. The van der Waals surface area contributed by atoms with Gasteiger partial charge in [0.1, 0.15) is 0 Å². The molecule has 5 nitrogen and oxygen atoms in total. The number of ether oxygens (including phenoxy) is 2. The molecule has 1 aromatic carbocycles. The quantitative estimate of drug-likeness (QED) is 0.849. The predicted molar refractivity (Wildman–Crippen MR) is 85.8 cm³/mol. The highest BCUT2D eigenvalue weighted by atomic mass is 16.7. The SMILES string of the molecule is C[C@H](NC(=O)NCCC1(C)OCCO1)[C@@H](C)c1ccccc1. The smallest absolute Gasteiger partial charge is 0.315 e. The molecule has 0 bridgehead atoms. The van der Waals surface area contributed by atoms with Crippen molar-refractivity contribution in [3.63, 3.8) is 0 Å². The summed E-state index contributed by atoms with van der Waals surface area (Å²) < 4.78 is 11.0. The number of benzene rings is 1. The van der Waals surface area contributed by atoms with Gasteiger partial charge < -0.3 is 20.1 Å². The second kappa shape index (κ2) is 7.61. The monoisotopic (exact) mass is 306 g/mol.